The van der Waals surface area contributed by atoms with Crippen LogP contribution in [0.4, 0.5) is 0 Å². The van der Waals surface area contributed by atoms with Crippen molar-refractivity contribution in [2.24, 2.45) is 4.99 Å². The molecule has 0 aromatic carbocycles. The molecular formula is C21H35IN6O3. The van der Waals surface area contributed by atoms with Gasteiger partial charge in [-0.2, -0.15) is 0 Å². The van der Waals surface area contributed by atoms with E-state index in [2.05, 4.69) is 32.0 Å². The Morgan fingerprint density at radius 2 is 1.90 bits per heavy atom. The first-order valence-corrected chi connectivity index (χ1v) is 10.8. The molecule has 3 rings (SSSR count). The van der Waals surface area contributed by atoms with E-state index in [1.165, 1.54) is 0 Å². The number of aliphatic imine (C=N–C) groups is 1. The normalized spacial score (nSPS) is 17.8. The lowest BCUT2D eigenvalue weighted by Gasteiger charge is -2.37. The molecule has 0 radical (unpaired) electrons. The van der Waals surface area contributed by atoms with Crippen LogP contribution in [-0.2, 0) is 16.1 Å². The van der Waals surface area contributed by atoms with E-state index in [4.69, 9.17) is 9.47 Å². The summed E-state index contributed by atoms with van der Waals surface area (Å²) in [7, 11) is 1.80. The minimum Gasteiger partial charge on any atom is -0.478 e. The molecule has 0 aliphatic carbocycles. The fourth-order valence-corrected chi connectivity index (χ4v) is 3.54. The van der Waals surface area contributed by atoms with Gasteiger partial charge in [0.25, 0.3) is 0 Å². The molecular weight excluding hydrogens is 511 g/mol. The number of hydrogen-bond acceptors (Lipinski definition) is 6. The van der Waals surface area contributed by atoms with Gasteiger partial charge in [-0.15, -0.1) is 24.0 Å². The first kappa shape index (κ1) is 25.6. The van der Waals surface area contributed by atoms with Gasteiger partial charge in [0.15, 0.2) is 5.96 Å². The highest BCUT2D eigenvalue weighted by Crippen LogP contribution is 2.09. The third-order valence-corrected chi connectivity index (χ3v) is 5.31. The molecule has 31 heavy (non-hydrogen) atoms. The molecule has 2 aliphatic rings. The van der Waals surface area contributed by atoms with Crippen LogP contribution in [0.25, 0.3) is 0 Å². The molecule has 1 aromatic rings. The number of halogens is 1. The number of pyridine rings is 1. The third-order valence-electron chi connectivity index (χ3n) is 5.31. The molecule has 1 aromatic heterocycles. The molecule has 1 amide bonds. The van der Waals surface area contributed by atoms with Gasteiger partial charge in [-0.25, -0.2) is 4.98 Å². The van der Waals surface area contributed by atoms with Crippen molar-refractivity contribution in [3.8, 4) is 5.88 Å². The van der Waals surface area contributed by atoms with Gasteiger partial charge in [-0.05, 0) is 12.0 Å². The van der Waals surface area contributed by atoms with E-state index >= 15 is 0 Å². The SMILES string of the molecule is CCCOc1ccc(CNC(=NC)N2CCN(CC(=O)N3CCOCC3)CC2)cn1.I. The highest BCUT2D eigenvalue weighted by atomic mass is 127. The molecule has 0 unspecified atom stereocenters. The minimum atomic E-state index is 0. The van der Waals surface area contributed by atoms with E-state index in [9.17, 15) is 4.79 Å². The number of aromatic nitrogens is 1. The number of hydrogen-bond donors (Lipinski definition) is 1. The Balaban J connectivity index is 0.00000341. The van der Waals surface area contributed by atoms with Crippen molar-refractivity contribution in [2.75, 3.05) is 72.7 Å². The summed E-state index contributed by atoms with van der Waals surface area (Å²) in [5.74, 6) is 1.74. The molecule has 0 spiro atoms. The maximum absolute atomic E-state index is 12.4. The zero-order valence-corrected chi connectivity index (χ0v) is 20.9. The number of ether oxygens (including phenoxy) is 2. The maximum Gasteiger partial charge on any atom is 0.236 e. The Morgan fingerprint density at radius 1 is 1.16 bits per heavy atom. The van der Waals surface area contributed by atoms with Gasteiger partial charge in [0.05, 0.1) is 26.4 Å². The van der Waals surface area contributed by atoms with Crippen LogP contribution in [0.3, 0.4) is 0 Å². The summed E-state index contributed by atoms with van der Waals surface area (Å²) in [5.41, 5.74) is 1.08. The van der Waals surface area contributed by atoms with Crippen LogP contribution in [0, 0.1) is 0 Å². The largest absolute Gasteiger partial charge is 0.478 e. The first-order chi connectivity index (χ1) is 14.7. The van der Waals surface area contributed by atoms with Crippen molar-refractivity contribution >= 4 is 35.8 Å². The molecule has 0 atom stereocenters. The zero-order valence-electron chi connectivity index (χ0n) is 18.6. The molecule has 1 N–H and O–H groups in total. The van der Waals surface area contributed by atoms with Gasteiger partial charge in [0, 0.05) is 65.1 Å². The topological polar surface area (TPSA) is 82.5 Å². The van der Waals surface area contributed by atoms with Gasteiger partial charge in [-0.3, -0.25) is 14.7 Å². The van der Waals surface area contributed by atoms with Gasteiger partial charge in [-0.1, -0.05) is 13.0 Å². The quantitative estimate of drug-likeness (QED) is 0.311. The summed E-state index contributed by atoms with van der Waals surface area (Å²) in [6, 6.07) is 3.92. The van der Waals surface area contributed by atoms with Gasteiger partial charge < -0.3 is 24.6 Å². The van der Waals surface area contributed by atoms with Gasteiger partial charge in [0.1, 0.15) is 0 Å². The van der Waals surface area contributed by atoms with E-state index in [0.29, 0.717) is 51.9 Å². The minimum absolute atomic E-state index is 0. The van der Waals surface area contributed by atoms with E-state index in [1.54, 1.807) is 7.05 Å². The molecule has 0 bridgehead atoms. The average molecular weight is 546 g/mol. The third kappa shape index (κ3) is 8.08. The van der Waals surface area contributed by atoms with E-state index in [0.717, 1.165) is 44.1 Å². The van der Waals surface area contributed by atoms with Crippen LogP contribution in [0.15, 0.2) is 23.3 Å². The monoisotopic (exact) mass is 546 g/mol. The lowest BCUT2D eigenvalue weighted by atomic mass is 10.3. The van der Waals surface area contributed by atoms with E-state index < -0.39 is 0 Å². The molecule has 2 saturated heterocycles. The molecule has 3 heterocycles. The summed E-state index contributed by atoms with van der Waals surface area (Å²) in [5, 5.41) is 3.41. The number of morpholine rings is 1. The van der Waals surface area contributed by atoms with Gasteiger partial charge >= 0.3 is 0 Å². The number of amides is 1. The Bertz CT molecular complexity index is 689. The van der Waals surface area contributed by atoms with Crippen LogP contribution in [0.1, 0.15) is 18.9 Å². The average Bonchev–Trinajstić information content (AvgIpc) is 2.80. The molecule has 10 heteroatoms. The molecule has 9 nitrogen and oxygen atoms in total. The number of nitrogens with one attached hydrogen (secondary N) is 1. The lowest BCUT2D eigenvalue weighted by molar-refractivity contribution is -0.136. The molecule has 174 valence electrons. The summed E-state index contributed by atoms with van der Waals surface area (Å²) < 4.78 is 10.9. The van der Waals surface area contributed by atoms with E-state index in [-0.39, 0.29) is 29.9 Å². The van der Waals surface area contributed by atoms with Crippen molar-refractivity contribution in [2.45, 2.75) is 19.9 Å². The van der Waals surface area contributed by atoms with Crippen LogP contribution < -0.4 is 10.1 Å². The van der Waals surface area contributed by atoms with Crippen molar-refractivity contribution in [3.63, 3.8) is 0 Å². The number of rotatable bonds is 7. The van der Waals surface area contributed by atoms with Crippen molar-refractivity contribution in [3.05, 3.63) is 23.9 Å². The highest BCUT2D eigenvalue weighted by Gasteiger charge is 2.24. The summed E-state index contributed by atoms with van der Waals surface area (Å²) in [4.78, 5) is 27.6. The summed E-state index contributed by atoms with van der Waals surface area (Å²) >= 11 is 0. The number of piperazine rings is 1. The second kappa shape index (κ2) is 13.7. The number of guanidine groups is 1. The fraction of sp³-hybridized carbons (Fsp3) is 0.667. The number of carbonyl (C=O) groups excluding carboxylic acids is 1. The van der Waals surface area contributed by atoms with Crippen molar-refractivity contribution < 1.29 is 14.3 Å². The van der Waals surface area contributed by atoms with Crippen LogP contribution in [0.5, 0.6) is 5.88 Å². The molecule has 2 fully saturated rings. The van der Waals surface area contributed by atoms with Gasteiger partial charge in [0.2, 0.25) is 11.8 Å². The van der Waals surface area contributed by atoms with Crippen LogP contribution in [0.2, 0.25) is 0 Å². The molecule has 2 aliphatic heterocycles. The Kier molecular flexibility index (Phi) is 11.3. The Morgan fingerprint density at radius 3 is 2.52 bits per heavy atom. The molecule has 0 saturated carbocycles. The predicted octanol–water partition coefficient (Wildman–Crippen LogP) is 1.04. The van der Waals surface area contributed by atoms with Crippen LogP contribution >= 0.6 is 24.0 Å². The Hall–Kier alpha value is -1.66. The van der Waals surface area contributed by atoms with Crippen LogP contribution in [-0.4, -0.2) is 104 Å². The lowest BCUT2D eigenvalue weighted by Crippen LogP contribution is -2.54. The number of nitrogens with zero attached hydrogens (tertiary/aromatic N) is 5. The second-order valence-corrected chi connectivity index (χ2v) is 7.51. The summed E-state index contributed by atoms with van der Waals surface area (Å²) in [6.07, 6.45) is 2.80. The summed E-state index contributed by atoms with van der Waals surface area (Å²) in [6.45, 7) is 9.98. The first-order valence-electron chi connectivity index (χ1n) is 10.8. The predicted molar refractivity (Wildman–Crippen MR) is 131 cm³/mol. The standard InChI is InChI=1S/C21H34N6O3.HI/c1-3-12-30-19-5-4-18(15-23-19)16-24-21(22-2)27-8-6-25(7-9-27)17-20(28)26-10-13-29-14-11-26;/h4-5,15H,3,6-14,16-17H2,1-2H3,(H,22,24);1H. The van der Waals surface area contributed by atoms with E-state index in [1.807, 2.05) is 23.2 Å². The van der Waals surface area contributed by atoms with Crippen molar-refractivity contribution in [1.82, 2.24) is 25.0 Å². The van der Waals surface area contributed by atoms with Crippen molar-refractivity contribution in [1.29, 1.82) is 0 Å². The maximum atomic E-state index is 12.4. The smallest absolute Gasteiger partial charge is 0.236 e. The zero-order chi connectivity index (χ0) is 21.2. The fourth-order valence-electron chi connectivity index (χ4n) is 3.54. The highest BCUT2D eigenvalue weighted by molar-refractivity contribution is 14.0. The Labute approximate surface area is 202 Å². The second-order valence-electron chi connectivity index (χ2n) is 7.51. The number of carbonyl (C=O) groups is 1.